The van der Waals surface area contributed by atoms with Crippen molar-refractivity contribution in [2.75, 3.05) is 19.7 Å². The molecule has 6 heteroatoms. The number of hydrogen-bond donors (Lipinski definition) is 1. The van der Waals surface area contributed by atoms with E-state index in [0.29, 0.717) is 36.7 Å². The molecule has 2 amide bonds. The average Bonchev–Trinajstić information content (AvgIpc) is 2.69. The minimum Gasteiger partial charge on any atom is -0.493 e. The molecule has 1 aliphatic rings. The number of carbonyl (C=O) groups excluding carboxylic acids is 2. The van der Waals surface area contributed by atoms with Crippen LogP contribution in [0.2, 0.25) is 5.02 Å². The van der Waals surface area contributed by atoms with Crippen LogP contribution in [0.3, 0.4) is 0 Å². The van der Waals surface area contributed by atoms with E-state index in [1.807, 2.05) is 35.2 Å². The molecule has 5 nitrogen and oxygen atoms in total. The first kappa shape index (κ1) is 19.2. The summed E-state index contributed by atoms with van der Waals surface area (Å²) in [5.41, 5.74) is 0.600. The van der Waals surface area contributed by atoms with E-state index in [4.69, 9.17) is 16.3 Å². The van der Waals surface area contributed by atoms with E-state index in [0.717, 1.165) is 18.6 Å². The highest BCUT2D eigenvalue weighted by molar-refractivity contribution is 6.30. The normalized spacial score (nSPS) is 14.6. The summed E-state index contributed by atoms with van der Waals surface area (Å²) >= 11 is 5.96. The third-order valence-corrected chi connectivity index (χ3v) is 4.80. The molecule has 1 saturated heterocycles. The summed E-state index contributed by atoms with van der Waals surface area (Å²) in [4.78, 5) is 26.4. The van der Waals surface area contributed by atoms with Gasteiger partial charge in [0.05, 0.1) is 13.0 Å². The van der Waals surface area contributed by atoms with E-state index in [-0.39, 0.29) is 17.9 Å². The lowest BCUT2D eigenvalue weighted by Crippen LogP contribution is -2.46. The minimum atomic E-state index is -0.0226. The zero-order chi connectivity index (χ0) is 19.1. The monoisotopic (exact) mass is 386 g/mol. The van der Waals surface area contributed by atoms with Crippen molar-refractivity contribution in [3.05, 3.63) is 65.2 Å². The van der Waals surface area contributed by atoms with Crippen LogP contribution in [0.1, 0.15) is 29.6 Å². The number of benzene rings is 2. The van der Waals surface area contributed by atoms with Gasteiger partial charge in [-0.25, -0.2) is 0 Å². The smallest absolute Gasteiger partial charge is 0.253 e. The fraction of sp³-hybridized carbons (Fsp3) is 0.333. The highest BCUT2D eigenvalue weighted by Gasteiger charge is 2.24. The molecule has 0 bridgehead atoms. The second-order valence-corrected chi connectivity index (χ2v) is 6.99. The van der Waals surface area contributed by atoms with Crippen LogP contribution in [-0.4, -0.2) is 42.5 Å². The fourth-order valence-corrected chi connectivity index (χ4v) is 3.30. The number of halogens is 1. The van der Waals surface area contributed by atoms with Gasteiger partial charge in [-0.2, -0.15) is 0 Å². The second-order valence-electron chi connectivity index (χ2n) is 6.56. The van der Waals surface area contributed by atoms with Crippen molar-refractivity contribution in [2.45, 2.75) is 25.3 Å². The molecule has 1 heterocycles. The summed E-state index contributed by atoms with van der Waals surface area (Å²) in [6.07, 6.45) is 1.81. The van der Waals surface area contributed by atoms with Crippen LogP contribution in [0.25, 0.3) is 0 Å². The maximum Gasteiger partial charge on any atom is 0.253 e. The largest absolute Gasteiger partial charge is 0.493 e. The van der Waals surface area contributed by atoms with Gasteiger partial charge in [0.15, 0.2) is 0 Å². The number of nitrogens with one attached hydrogen (secondary N) is 1. The number of likely N-dealkylation sites (tertiary alicyclic amines) is 1. The number of para-hydroxylation sites is 1. The summed E-state index contributed by atoms with van der Waals surface area (Å²) < 4.78 is 5.55. The van der Waals surface area contributed by atoms with Crippen molar-refractivity contribution in [1.29, 1.82) is 0 Å². The first-order chi connectivity index (χ1) is 13.1. The van der Waals surface area contributed by atoms with E-state index >= 15 is 0 Å². The van der Waals surface area contributed by atoms with Crippen LogP contribution >= 0.6 is 11.6 Å². The number of carbonyl (C=O) groups is 2. The lowest BCUT2D eigenvalue weighted by molar-refractivity contribution is -0.122. The number of piperidine rings is 1. The number of ether oxygens (including phenoxy) is 1. The van der Waals surface area contributed by atoms with Crippen molar-refractivity contribution in [1.82, 2.24) is 10.2 Å². The van der Waals surface area contributed by atoms with Gasteiger partial charge in [-0.05, 0) is 43.2 Å². The van der Waals surface area contributed by atoms with Gasteiger partial charge < -0.3 is 15.0 Å². The van der Waals surface area contributed by atoms with Crippen molar-refractivity contribution in [3.8, 4) is 5.75 Å². The van der Waals surface area contributed by atoms with Gasteiger partial charge in [-0.1, -0.05) is 35.9 Å². The van der Waals surface area contributed by atoms with E-state index in [1.165, 1.54) is 0 Å². The Morgan fingerprint density at radius 2 is 1.81 bits per heavy atom. The molecule has 0 aliphatic carbocycles. The first-order valence-corrected chi connectivity index (χ1v) is 9.51. The Morgan fingerprint density at radius 3 is 2.52 bits per heavy atom. The predicted molar refractivity (Wildman–Crippen MR) is 105 cm³/mol. The Kier molecular flexibility index (Phi) is 6.71. The molecule has 0 aromatic heterocycles. The SMILES string of the molecule is O=C(CCOc1ccccc1)NC1CCN(C(=O)c2cccc(Cl)c2)CC1. The lowest BCUT2D eigenvalue weighted by Gasteiger charge is -2.32. The molecule has 1 aliphatic heterocycles. The van der Waals surface area contributed by atoms with Crippen LogP contribution in [-0.2, 0) is 4.79 Å². The fourth-order valence-electron chi connectivity index (χ4n) is 3.11. The number of amides is 2. The van der Waals surface area contributed by atoms with Gasteiger partial charge in [0.1, 0.15) is 5.75 Å². The molecule has 142 valence electrons. The molecule has 27 heavy (non-hydrogen) atoms. The van der Waals surface area contributed by atoms with Gasteiger partial charge in [0.25, 0.3) is 5.91 Å². The molecule has 3 rings (SSSR count). The number of rotatable bonds is 6. The first-order valence-electron chi connectivity index (χ1n) is 9.14. The Bertz CT molecular complexity index is 774. The highest BCUT2D eigenvalue weighted by atomic mass is 35.5. The molecule has 0 saturated carbocycles. The predicted octanol–water partition coefficient (Wildman–Crippen LogP) is 3.53. The van der Waals surface area contributed by atoms with E-state index < -0.39 is 0 Å². The van der Waals surface area contributed by atoms with E-state index in [2.05, 4.69) is 5.32 Å². The van der Waals surface area contributed by atoms with Crippen molar-refractivity contribution in [3.63, 3.8) is 0 Å². The van der Waals surface area contributed by atoms with Crippen LogP contribution in [0, 0.1) is 0 Å². The van der Waals surface area contributed by atoms with Gasteiger partial charge >= 0.3 is 0 Å². The number of nitrogens with zero attached hydrogens (tertiary/aromatic N) is 1. The molecule has 0 spiro atoms. The Hall–Kier alpha value is -2.53. The molecular weight excluding hydrogens is 364 g/mol. The van der Waals surface area contributed by atoms with Gasteiger partial charge in [-0.3, -0.25) is 9.59 Å². The van der Waals surface area contributed by atoms with Gasteiger partial charge in [0, 0.05) is 29.7 Å². The maximum atomic E-state index is 12.5. The molecule has 0 unspecified atom stereocenters. The lowest BCUT2D eigenvalue weighted by atomic mass is 10.0. The Labute approximate surface area is 164 Å². The Balaban J connectivity index is 1.38. The summed E-state index contributed by atoms with van der Waals surface area (Å²) in [7, 11) is 0. The molecule has 2 aromatic carbocycles. The molecule has 1 N–H and O–H groups in total. The van der Waals surface area contributed by atoms with Crippen molar-refractivity contribution < 1.29 is 14.3 Å². The zero-order valence-electron chi connectivity index (χ0n) is 15.1. The quantitative estimate of drug-likeness (QED) is 0.826. The Morgan fingerprint density at radius 1 is 1.07 bits per heavy atom. The second kappa shape index (κ2) is 9.42. The molecule has 0 radical (unpaired) electrons. The van der Waals surface area contributed by atoms with Crippen LogP contribution in [0.15, 0.2) is 54.6 Å². The average molecular weight is 387 g/mol. The van der Waals surface area contributed by atoms with E-state index in [9.17, 15) is 9.59 Å². The minimum absolute atomic E-state index is 0.0152. The van der Waals surface area contributed by atoms with Crippen molar-refractivity contribution in [2.24, 2.45) is 0 Å². The third-order valence-electron chi connectivity index (χ3n) is 4.56. The van der Waals surface area contributed by atoms with Crippen LogP contribution < -0.4 is 10.1 Å². The molecular formula is C21H23ClN2O3. The van der Waals surface area contributed by atoms with Crippen molar-refractivity contribution >= 4 is 23.4 Å². The van der Waals surface area contributed by atoms with Crippen LogP contribution in [0.4, 0.5) is 0 Å². The standard InChI is InChI=1S/C21H23ClN2O3/c22-17-6-4-5-16(15-17)21(26)24-12-9-18(10-13-24)23-20(25)11-14-27-19-7-2-1-3-8-19/h1-8,15,18H,9-14H2,(H,23,25). The summed E-state index contributed by atoms with van der Waals surface area (Å²) in [5.74, 6) is 0.724. The number of hydrogen-bond acceptors (Lipinski definition) is 3. The summed E-state index contributed by atoms with van der Waals surface area (Å²) in [6.45, 7) is 1.59. The molecule has 0 atom stereocenters. The molecule has 2 aromatic rings. The van der Waals surface area contributed by atoms with E-state index in [1.54, 1.807) is 24.3 Å². The van der Waals surface area contributed by atoms with Gasteiger partial charge in [-0.15, -0.1) is 0 Å². The molecule has 1 fully saturated rings. The highest BCUT2D eigenvalue weighted by Crippen LogP contribution is 2.17. The van der Waals surface area contributed by atoms with Gasteiger partial charge in [0.2, 0.25) is 5.91 Å². The summed E-state index contributed by atoms with van der Waals surface area (Å²) in [6, 6.07) is 16.5. The van der Waals surface area contributed by atoms with Crippen LogP contribution in [0.5, 0.6) is 5.75 Å². The topological polar surface area (TPSA) is 58.6 Å². The zero-order valence-corrected chi connectivity index (χ0v) is 15.8. The maximum absolute atomic E-state index is 12.5. The summed E-state index contributed by atoms with van der Waals surface area (Å²) in [5, 5.41) is 3.59. The third kappa shape index (κ3) is 5.73.